The number of carboxylic acid groups (broad SMARTS) is 1. The Morgan fingerprint density at radius 2 is 1.06 bits per heavy atom. The molecule has 0 aromatic heterocycles. The van der Waals surface area contributed by atoms with Crippen molar-refractivity contribution in [1.29, 1.82) is 0 Å². The van der Waals surface area contributed by atoms with E-state index in [1.54, 1.807) is 4.90 Å². The molecule has 0 spiro atoms. The fourth-order valence-electron chi connectivity index (χ4n) is 7.37. The molecule has 4 rings (SSSR count). The van der Waals surface area contributed by atoms with E-state index < -0.39 is 78.2 Å². The minimum atomic E-state index is -1.23. The van der Waals surface area contributed by atoms with Crippen molar-refractivity contribution in [3.05, 3.63) is 0 Å². The van der Waals surface area contributed by atoms with Gasteiger partial charge in [-0.15, -0.1) is 0 Å². The Morgan fingerprint density at radius 1 is 0.647 bits per heavy atom. The van der Waals surface area contributed by atoms with Crippen molar-refractivity contribution < 1.29 is 57.7 Å². The predicted molar refractivity (Wildman–Crippen MR) is 248 cm³/mol. The molecule has 0 aromatic rings. The number of carbonyl (C=O) groups excluding carboxylic acids is 8. The molecule has 68 heavy (non-hydrogen) atoms. The molecule has 4 heterocycles. The number of piperazine rings is 2. The summed E-state index contributed by atoms with van der Waals surface area (Å²) >= 11 is 0. The van der Waals surface area contributed by atoms with Gasteiger partial charge in [0.25, 0.3) is 0 Å². The van der Waals surface area contributed by atoms with Gasteiger partial charge in [0.1, 0.15) is 18.8 Å². The van der Waals surface area contributed by atoms with Crippen molar-refractivity contribution in [3.63, 3.8) is 0 Å². The lowest BCUT2D eigenvalue weighted by atomic mass is 9.83. The van der Waals surface area contributed by atoms with E-state index >= 15 is 0 Å². The summed E-state index contributed by atoms with van der Waals surface area (Å²) in [4.78, 5) is 127. The van der Waals surface area contributed by atoms with Crippen LogP contribution in [0.25, 0.3) is 0 Å². The fourth-order valence-corrected chi connectivity index (χ4v) is 7.37. The number of likely N-dealkylation sites (tertiary alicyclic amines) is 2. The van der Waals surface area contributed by atoms with Crippen LogP contribution in [0.5, 0.6) is 0 Å². The lowest BCUT2D eigenvalue weighted by Gasteiger charge is -2.47. The zero-order valence-electron chi connectivity index (χ0n) is 39.3. The van der Waals surface area contributed by atoms with Crippen LogP contribution in [0.1, 0.15) is 74.7 Å². The number of hydrogen-bond donors (Lipinski definition) is 7. The minimum absolute atomic E-state index is 0. The topological polar surface area (TPSA) is 379 Å². The second-order valence-corrected chi connectivity index (χ2v) is 17.4. The number of carboxylic acids is 1. The molecule has 4 saturated heterocycles. The highest BCUT2D eigenvalue weighted by Crippen LogP contribution is 2.34. The Kier molecular flexibility index (Phi) is 22.7. The van der Waals surface area contributed by atoms with Gasteiger partial charge in [-0.1, -0.05) is 35.1 Å². The molecular formula is C42H74N14O12. The maximum atomic E-state index is 13.1. The van der Waals surface area contributed by atoms with E-state index in [0.29, 0.717) is 31.8 Å². The Bertz CT molecular complexity index is 1860. The van der Waals surface area contributed by atoms with Crippen molar-refractivity contribution in [2.45, 2.75) is 98.9 Å². The number of primary amides is 1. The maximum Gasteiger partial charge on any atom is 0.410 e. The van der Waals surface area contributed by atoms with Crippen molar-refractivity contribution in [2.24, 2.45) is 62.3 Å². The number of rotatable bonds is 18. The number of aliphatic imine (C=N–C) groups is 2. The number of guanidine groups is 2. The van der Waals surface area contributed by atoms with Crippen LogP contribution in [0.3, 0.4) is 0 Å². The van der Waals surface area contributed by atoms with Crippen LogP contribution in [-0.2, 0) is 38.2 Å². The van der Waals surface area contributed by atoms with Crippen LogP contribution < -0.4 is 34.0 Å². The summed E-state index contributed by atoms with van der Waals surface area (Å²) in [5.41, 5.74) is 26.2. The molecule has 0 radical (unpaired) electrons. The molecule has 0 saturated carbocycles. The molecule has 4 unspecified atom stereocenters. The van der Waals surface area contributed by atoms with Gasteiger partial charge in [-0.2, -0.15) is 0 Å². The Balaban J connectivity index is 0.000000462. The molecule has 10 amide bonds. The normalized spacial score (nSPS) is 20.9. The van der Waals surface area contributed by atoms with Gasteiger partial charge >= 0.3 is 24.1 Å². The molecule has 0 aliphatic carbocycles. The van der Waals surface area contributed by atoms with Crippen LogP contribution in [0.2, 0.25) is 0 Å². The maximum absolute atomic E-state index is 13.1. The molecule has 26 heteroatoms. The highest BCUT2D eigenvalue weighted by Gasteiger charge is 2.56. The van der Waals surface area contributed by atoms with Crippen LogP contribution in [0.4, 0.5) is 14.4 Å². The van der Waals surface area contributed by atoms with E-state index in [1.807, 2.05) is 41.5 Å². The summed E-state index contributed by atoms with van der Waals surface area (Å²) < 4.78 is 11.0. The molecule has 12 N–H and O–H groups in total. The SMILES string of the molecule is C.CC(C)C(C)OC(=O)N1CCN(C(=O)N2C(=O)[C@H](CCCN=C(N)N)C2C(=O)NCC(N)=O)CC1.CC(C)C(C)OCC(=O)N1CCN(C(=O)N2C(=O)[C@H](CCCN=C(N)N)C2C(=O)O)CC1. The number of urea groups is 2. The summed E-state index contributed by atoms with van der Waals surface area (Å²) in [6.07, 6.45) is 0.658. The molecular weight excluding hydrogens is 893 g/mol. The summed E-state index contributed by atoms with van der Waals surface area (Å²) in [6, 6.07) is -3.55. The smallest absolute Gasteiger partial charge is 0.410 e. The second kappa shape index (κ2) is 26.8. The van der Waals surface area contributed by atoms with Gasteiger partial charge in [-0.05, 0) is 51.4 Å². The largest absolute Gasteiger partial charge is 0.480 e. The lowest BCUT2D eigenvalue weighted by Crippen LogP contribution is -2.71. The molecule has 4 fully saturated rings. The molecule has 0 aromatic carbocycles. The lowest BCUT2D eigenvalue weighted by molar-refractivity contribution is -0.167. The standard InChI is InChI=1S/C21H36N8O6.C20H34N6O6.CH4/c1-12(2)13(3)35-21(34)28-9-7-27(8-10-28)20(33)29-16(17(31)26-11-15(22)30)14(18(29)32)5-4-6-25-19(23)24;1-12(2)13(3)32-11-15(27)24-7-9-25(10-8-24)20(31)26-16(18(29)30)14(17(26)28)5-4-6-23-19(21)22;/h12-14,16H,4-11H2,1-3H3,(H2,22,30)(H,26,31)(H4,23,24,25);12-14,16H,4-11H2,1-3H3,(H,29,30)(H4,21,22,23);1H4/t2*13?,14-,16?;/m11./s1. The minimum Gasteiger partial charge on any atom is -0.480 e. The first-order chi connectivity index (χ1) is 31.5. The van der Waals surface area contributed by atoms with Gasteiger partial charge in [0, 0.05) is 65.4 Å². The number of β-lactam (4-membered cyclic amide) rings is 2. The summed E-state index contributed by atoms with van der Waals surface area (Å²) in [6.45, 7) is 13.6. The van der Waals surface area contributed by atoms with E-state index in [4.69, 9.17) is 38.1 Å². The predicted octanol–water partition coefficient (Wildman–Crippen LogP) is -1.70. The number of imide groups is 2. The van der Waals surface area contributed by atoms with Gasteiger partial charge in [0.2, 0.25) is 29.5 Å². The molecule has 4 aliphatic heterocycles. The van der Waals surface area contributed by atoms with Crippen molar-refractivity contribution >= 4 is 65.6 Å². The molecule has 4 aliphatic rings. The van der Waals surface area contributed by atoms with Crippen molar-refractivity contribution in [2.75, 3.05) is 78.6 Å². The van der Waals surface area contributed by atoms with E-state index in [0.717, 1.165) is 9.80 Å². The third kappa shape index (κ3) is 15.8. The zero-order valence-corrected chi connectivity index (χ0v) is 39.3. The quantitative estimate of drug-likeness (QED) is 0.0348. The Morgan fingerprint density at radius 3 is 1.47 bits per heavy atom. The van der Waals surface area contributed by atoms with E-state index in [2.05, 4.69) is 15.3 Å². The number of nitrogens with two attached hydrogens (primary N) is 5. The van der Waals surface area contributed by atoms with E-state index in [-0.39, 0.29) is 115 Å². The first-order valence-electron chi connectivity index (χ1n) is 22.5. The molecule has 0 bridgehead atoms. The average Bonchev–Trinajstić information content (AvgIpc) is 3.27. The molecule has 384 valence electrons. The highest BCUT2D eigenvalue weighted by atomic mass is 16.6. The fraction of sp³-hybridized carbons (Fsp3) is 0.738. The van der Waals surface area contributed by atoms with Gasteiger partial charge in [0.05, 0.1) is 24.5 Å². The number of carbonyl (C=O) groups is 9. The Labute approximate surface area is 397 Å². The second-order valence-electron chi connectivity index (χ2n) is 17.4. The first-order valence-corrected chi connectivity index (χ1v) is 22.5. The number of amides is 10. The summed E-state index contributed by atoms with van der Waals surface area (Å²) in [5.74, 6) is -5.02. The highest BCUT2D eigenvalue weighted by molar-refractivity contribution is 6.09. The van der Waals surface area contributed by atoms with E-state index in [9.17, 15) is 48.3 Å². The Hall–Kier alpha value is -6.47. The zero-order chi connectivity index (χ0) is 50.3. The van der Waals surface area contributed by atoms with Crippen LogP contribution in [0, 0.1) is 23.7 Å². The number of ether oxygens (including phenoxy) is 2. The molecule has 6 atom stereocenters. The number of nitrogens with zero attached hydrogens (tertiary/aromatic N) is 8. The summed E-state index contributed by atoms with van der Waals surface area (Å²) in [7, 11) is 0. The van der Waals surface area contributed by atoms with Crippen LogP contribution in [0.15, 0.2) is 9.98 Å². The number of aliphatic carboxylic acids is 1. The van der Waals surface area contributed by atoms with Gasteiger partial charge in [0.15, 0.2) is 18.0 Å². The number of hydrogen-bond acceptors (Lipinski definition) is 13. The number of nitrogens with one attached hydrogen (secondary N) is 1. The van der Waals surface area contributed by atoms with Crippen molar-refractivity contribution in [1.82, 2.24) is 34.7 Å². The van der Waals surface area contributed by atoms with Gasteiger partial charge in [-0.3, -0.25) is 38.9 Å². The van der Waals surface area contributed by atoms with Gasteiger partial charge in [-0.25, -0.2) is 24.1 Å². The summed E-state index contributed by atoms with van der Waals surface area (Å²) in [5, 5.41) is 11.9. The van der Waals surface area contributed by atoms with E-state index in [1.165, 1.54) is 14.7 Å². The van der Waals surface area contributed by atoms with Crippen LogP contribution >= 0.6 is 0 Å². The third-order valence-corrected chi connectivity index (χ3v) is 12.1. The monoisotopic (exact) mass is 967 g/mol. The van der Waals surface area contributed by atoms with Crippen LogP contribution in [-0.4, -0.2) is 203 Å². The van der Waals surface area contributed by atoms with Crippen molar-refractivity contribution in [3.8, 4) is 0 Å². The van der Waals surface area contributed by atoms with Gasteiger partial charge < -0.3 is 68.2 Å². The average molecular weight is 967 g/mol. The third-order valence-electron chi connectivity index (χ3n) is 12.1. The molecule has 26 nitrogen and oxygen atoms in total. The first kappa shape index (κ1) is 57.7.